The van der Waals surface area contributed by atoms with Gasteiger partial charge in [0.15, 0.2) is 0 Å². The van der Waals surface area contributed by atoms with E-state index in [9.17, 15) is 9.59 Å². The molecule has 2 aromatic heterocycles. The third kappa shape index (κ3) is 2.51. The number of nitrogens with zero attached hydrogens (tertiary/aromatic N) is 1. The zero-order valence-corrected chi connectivity index (χ0v) is 13.3. The van der Waals surface area contributed by atoms with Crippen LogP contribution in [0.4, 0.5) is 0 Å². The molecule has 0 N–H and O–H groups in total. The Bertz CT molecular complexity index is 733. The van der Waals surface area contributed by atoms with Crippen LogP contribution in [-0.4, -0.2) is 30.1 Å². The summed E-state index contributed by atoms with van der Waals surface area (Å²) in [6.07, 6.45) is 1.77. The largest absolute Gasteiger partial charge is 0.464 e. The second-order valence-electron chi connectivity index (χ2n) is 4.70. The Hall–Kier alpha value is -1.95. The molecule has 0 saturated heterocycles. The molecule has 0 aliphatic heterocycles. The number of aromatic nitrogens is 1. The fourth-order valence-electron chi connectivity index (χ4n) is 2.43. The lowest BCUT2D eigenvalue weighted by atomic mass is 10.1. The highest BCUT2D eigenvalue weighted by molar-refractivity contribution is 7.80. The van der Waals surface area contributed by atoms with E-state index in [1.165, 1.54) is 7.11 Å². The molecule has 0 aromatic carbocycles. The number of thiol groups is 1. The number of carbonyl (C=O) groups excluding carboxylic acids is 2. The fraction of sp³-hybridized carbons (Fsp3) is 0.333. The zero-order valence-electron chi connectivity index (χ0n) is 12.4. The Balaban J connectivity index is 2.88. The van der Waals surface area contributed by atoms with Crippen molar-refractivity contribution in [3.8, 4) is 0 Å². The summed E-state index contributed by atoms with van der Waals surface area (Å²) in [6.45, 7) is 5.77. The van der Waals surface area contributed by atoms with Crippen molar-refractivity contribution in [3.05, 3.63) is 34.6 Å². The number of methoxy groups -OCH3 is 1. The summed E-state index contributed by atoms with van der Waals surface area (Å²) >= 11 is 4.35. The Morgan fingerprint density at radius 3 is 2.52 bits per heavy atom. The van der Waals surface area contributed by atoms with Gasteiger partial charge in [-0.3, -0.25) is 0 Å². The van der Waals surface area contributed by atoms with Crippen LogP contribution in [0.5, 0.6) is 0 Å². The maximum atomic E-state index is 12.2. The van der Waals surface area contributed by atoms with E-state index in [0.717, 1.165) is 11.1 Å². The normalized spacial score (nSPS) is 10.7. The van der Waals surface area contributed by atoms with Gasteiger partial charge in [-0.05, 0) is 31.9 Å². The fourth-order valence-corrected chi connectivity index (χ4v) is 2.83. The predicted molar refractivity (Wildman–Crippen MR) is 81.4 cm³/mol. The minimum absolute atomic E-state index is 0.227. The molecule has 112 valence electrons. The molecule has 2 aromatic rings. The van der Waals surface area contributed by atoms with Crippen molar-refractivity contribution < 1.29 is 19.1 Å². The molecule has 21 heavy (non-hydrogen) atoms. The van der Waals surface area contributed by atoms with Gasteiger partial charge in [0.2, 0.25) is 0 Å². The Morgan fingerprint density at radius 2 is 1.95 bits per heavy atom. The van der Waals surface area contributed by atoms with E-state index in [4.69, 9.17) is 9.47 Å². The van der Waals surface area contributed by atoms with Gasteiger partial charge in [0.1, 0.15) is 5.69 Å². The summed E-state index contributed by atoms with van der Waals surface area (Å²) in [7, 11) is 1.29. The van der Waals surface area contributed by atoms with Crippen LogP contribution in [0.3, 0.4) is 0 Å². The first-order valence-corrected chi connectivity index (χ1v) is 6.96. The lowest BCUT2D eigenvalue weighted by molar-refractivity contribution is 0.0525. The summed E-state index contributed by atoms with van der Waals surface area (Å²) in [4.78, 5) is 24.5. The molecule has 5 nitrogen and oxygen atoms in total. The number of esters is 2. The number of hydrogen-bond donors (Lipinski definition) is 1. The van der Waals surface area contributed by atoms with Gasteiger partial charge >= 0.3 is 11.9 Å². The number of fused-ring (bicyclic) bond motifs is 1. The van der Waals surface area contributed by atoms with Crippen molar-refractivity contribution in [1.29, 1.82) is 0 Å². The molecule has 0 amide bonds. The molecule has 0 fully saturated rings. The standard InChI is InChI=1S/C15H17NO4S/c1-5-20-14(17)10-11-9(3)6-8(2)7-16(11)12(13(10)21)15(18)19-4/h6-7,21H,5H2,1-4H3. The first kappa shape index (κ1) is 15.4. The molecule has 0 bridgehead atoms. The van der Waals surface area contributed by atoms with Crippen molar-refractivity contribution in [1.82, 2.24) is 4.40 Å². The third-order valence-corrected chi connectivity index (χ3v) is 3.62. The maximum Gasteiger partial charge on any atom is 0.356 e. The summed E-state index contributed by atoms with van der Waals surface area (Å²) in [5, 5.41) is 0. The van der Waals surface area contributed by atoms with Crippen LogP contribution in [0, 0.1) is 13.8 Å². The highest BCUT2D eigenvalue weighted by atomic mass is 32.1. The lowest BCUT2D eigenvalue weighted by Gasteiger charge is -2.06. The van der Waals surface area contributed by atoms with Crippen LogP contribution < -0.4 is 0 Å². The molecule has 2 rings (SSSR count). The second-order valence-corrected chi connectivity index (χ2v) is 5.15. The smallest absolute Gasteiger partial charge is 0.356 e. The monoisotopic (exact) mass is 307 g/mol. The number of ether oxygens (including phenoxy) is 2. The average molecular weight is 307 g/mol. The van der Waals surface area contributed by atoms with Gasteiger partial charge in [-0.25, -0.2) is 9.59 Å². The zero-order chi connectivity index (χ0) is 15.7. The van der Waals surface area contributed by atoms with Crippen molar-refractivity contribution in [2.75, 3.05) is 13.7 Å². The summed E-state index contributed by atoms with van der Waals surface area (Å²) in [6, 6.07) is 1.94. The molecular formula is C15H17NO4S. The third-order valence-electron chi connectivity index (χ3n) is 3.19. The summed E-state index contributed by atoms with van der Waals surface area (Å²) < 4.78 is 11.5. The minimum atomic E-state index is -0.546. The van der Waals surface area contributed by atoms with Crippen LogP contribution in [0.2, 0.25) is 0 Å². The van der Waals surface area contributed by atoms with E-state index in [2.05, 4.69) is 12.6 Å². The highest BCUT2D eigenvalue weighted by Crippen LogP contribution is 2.31. The van der Waals surface area contributed by atoms with Gasteiger partial charge in [-0.15, -0.1) is 12.6 Å². The molecule has 6 heteroatoms. The second kappa shape index (κ2) is 5.81. The van der Waals surface area contributed by atoms with Crippen molar-refractivity contribution in [3.63, 3.8) is 0 Å². The molecule has 0 aliphatic rings. The molecule has 2 heterocycles. The van der Waals surface area contributed by atoms with E-state index in [-0.39, 0.29) is 22.8 Å². The molecule has 0 atom stereocenters. The average Bonchev–Trinajstić information content (AvgIpc) is 2.71. The summed E-state index contributed by atoms with van der Waals surface area (Å²) in [5.41, 5.74) is 2.96. The number of carbonyl (C=O) groups is 2. The van der Waals surface area contributed by atoms with E-state index in [0.29, 0.717) is 5.52 Å². The topological polar surface area (TPSA) is 57.0 Å². The number of rotatable bonds is 3. The molecule has 0 radical (unpaired) electrons. The quantitative estimate of drug-likeness (QED) is 0.700. The number of aryl methyl sites for hydroxylation is 2. The Kier molecular flexibility index (Phi) is 4.27. The van der Waals surface area contributed by atoms with Gasteiger partial charge in [0.05, 0.1) is 29.7 Å². The van der Waals surface area contributed by atoms with Crippen LogP contribution in [0.25, 0.3) is 5.52 Å². The van der Waals surface area contributed by atoms with E-state index < -0.39 is 11.9 Å². The number of pyridine rings is 1. The lowest BCUT2D eigenvalue weighted by Crippen LogP contribution is -2.07. The van der Waals surface area contributed by atoms with E-state index >= 15 is 0 Å². The van der Waals surface area contributed by atoms with Crippen molar-refractivity contribution in [2.24, 2.45) is 0 Å². The van der Waals surface area contributed by atoms with Gasteiger partial charge in [-0.2, -0.15) is 0 Å². The maximum absolute atomic E-state index is 12.2. The van der Waals surface area contributed by atoms with E-state index in [1.807, 2.05) is 19.9 Å². The highest BCUT2D eigenvalue weighted by Gasteiger charge is 2.27. The van der Waals surface area contributed by atoms with E-state index in [1.54, 1.807) is 17.5 Å². The van der Waals surface area contributed by atoms with Gasteiger partial charge in [0.25, 0.3) is 0 Å². The van der Waals surface area contributed by atoms with Crippen molar-refractivity contribution in [2.45, 2.75) is 25.7 Å². The van der Waals surface area contributed by atoms with Crippen LogP contribution in [0.15, 0.2) is 17.2 Å². The molecule has 0 unspecified atom stereocenters. The van der Waals surface area contributed by atoms with Gasteiger partial charge in [0, 0.05) is 6.20 Å². The van der Waals surface area contributed by atoms with Crippen molar-refractivity contribution >= 4 is 30.1 Å². The molecule has 0 aliphatic carbocycles. The van der Waals surface area contributed by atoms with Crippen LogP contribution >= 0.6 is 12.6 Å². The molecule has 0 saturated carbocycles. The first-order chi connectivity index (χ1) is 9.92. The number of hydrogen-bond acceptors (Lipinski definition) is 5. The predicted octanol–water partition coefficient (Wildman–Crippen LogP) is 2.81. The Morgan fingerprint density at radius 1 is 1.29 bits per heavy atom. The first-order valence-electron chi connectivity index (χ1n) is 6.52. The van der Waals surface area contributed by atoms with Crippen LogP contribution in [-0.2, 0) is 9.47 Å². The van der Waals surface area contributed by atoms with Gasteiger partial charge < -0.3 is 13.9 Å². The SMILES string of the molecule is CCOC(=O)c1c(S)c(C(=O)OC)n2cc(C)cc(C)c12. The van der Waals surface area contributed by atoms with Crippen LogP contribution in [0.1, 0.15) is 38.9 Å². The summed E-state index contributed by atoms with van der Waals surface area (Å²) in [5.74, 6) is -1.04. The van der Waals surface area contributed by atoms with Gasteiger partial charge in [-0.1, -0.05) is 6.07 Å². The molecule has 0 spiro atoms. The molecular weight excluding hydrogens is 290 g/mol. The Labute approximate surface area is 128 Å². The minimum Gasteiger partial charge on any atom is -0.464 e.